The van der Waals surface area contributed by atoms with Crippen molar-refractivity contribution in [3.05, 3.63) is 76.4 Å². The van der Waals surface area contributed by atoms with E-state index >= 15 is 0 Å². The van der Waals surface area contributed by atoms with Gasteiger partial charge < -0.3 is 35.4 Å². The summed E-state index contributed by atoms with van der Waals surface area (Å²) in [5, 5.41) is 12.2. The normalized spacial score (nSPS) is 17.6. The largest absolute Gasteiger partial charge is 0.372 e. The number of nitriles is 1. The Morgan fingerprint density at radius 1 is 0.961 bits per heavy atom. The molecule has 2 fully saturated rings. The Morgan fingerprint density at radius 2 is 1.61 bits per heavy atom. The van der Waals surface area contributed by atoms with Gasteiger partial charge in [-0.15, -0.1) is 0 Å². The van der Waals surface area contributed by atoms with Crippen molar-refractivity contribution in [3.63, 3.8) is 0 Å². The lowest BCUT2D eigenvalue weighted by Crippen LogP contribution is -2.52. The average molecular weight is 714 g/mol. The maximum Gasteiger partial charge on any atom is 0.262 e. The summed E-state index contributed by atoms with van der Waals surface area (Å²) < 4.78 is 0. The molecule has 0 saturated carbocycles. The second-order valence-electron chi connectivity index (χ2n) is 12.3. The molecule has 266 valence electrons. The Labute approximate surface area is 301 Å². The maximum absolute atomic E-state index is 13.4. The SMILES string of the molecule is CNC(=O)C(CCC=O)N1C(=O)c2ccc(N3CCN(c4ccc(N5CCN(c6ccc(C#N)c(Cl)c6)C(C)C5)cn4)CC3)cc2C1=O.NC=O. The number of pyridine rings is 1. The first-order valence-corrected chi connectivity index (χ1v) is 17.0. The molecule has 2 unspecified atom stereocenters. The van der Waals surface area contributed by atoms with E-state index in [2.05, 4.69) is 55.8 Å². The zero-order valence-electron chi connectivity index (χ0n) is 28.5. The summed E-state index contributed by atoms with van der Waals surface area (Å²) in [4.78, 5) is 73.4. The van der Waals surface area contributed by atoms with Gasteiger partial charge in [-0.3, -0.25) is 24.1 Å². The number of hydrogen-bond acceptors (Lipinski definition) is 11. The maximum atomic E-state index is 13.4. The Hall–Kier alpha value is -5.68. The van der Waals surface area contributed by atoms with E-state index in [0.717, 1.165) is 60.5 Å². The molecule has 15 heteroatoms. The molecule has 14 nitrogen and oxygen atoms in total. The van der Waals surface area contributed by atoms with E-state index < -0.39 is 23.8 Å². The number of primary amides is 1. The highest BCUT2D eigenvalue weighted by Crippen LogP contribution is 2.32. The second kappa shape index (κ2) is 16.4. The summed E-state index contributed by atoms with van der Waals surface area (Å²) in [6.45, 7) is 7.53. The van der Waals surface area contributed by atoms with Crippen LogP contribution in [0, 0.1) is 11.3 Å². The first-order chi connectivity index (χ1) is 24.6. The number of anilines is 4. The van der Waals surface area contributed by atoms with E-state index in [1.165, 1.54) is 7.05 Å². The van der Waals surface area contributed by atoms with Crippen molar-refractivity contribution in [1.29, 1.82) is 5.26 Å². The Morgan fingerprint density at radius 3 is 2.22 bits per heavy atom. The smallest absolute Gasteiger partial charge is 0.262 e. The van der Waals surface area contributed by atoms with Gasteiger partial charge in [0, 0.05) is 76.7 Å². The number of aldehydes is 1. The molecule has 3 N–H and O–H groups in total. The lowest BCUT2D eigenvalue weighted by Gasteiger charge is -2.42. The third kappa shape index (κ3) is 7.73. The predicted octanol–water partition coefficient (Wildman–Crippen LogP) is 2.44. The van der Waals surface area contributed by atoms with Crippen LogP contribution < -0.4 is 30.7 Å². The first-order valence-electron chi connectivity index (χ1n) is 16.6. The molecule has 0 aliphatic carbocycles. The van der Waals surface area contributed by atoms with Gasteiger partial charge in [-0.1, -0.05) is 11.6 Å². The Bertz CT molecular complexity index is 1820. The molecule has 0 spiro atoms. The minimum atomic E-state index is -1.04. The van der Waals surface area contributed by atoms with Crippen LogP contribution in [0.15, 0.2) is 54.7 Å². The molecule has 0 radical (unpaired) electrons. The van der Waals surface area contributed by atoms with Gasteiger partial charge in [-0.2, -0.15) is 5.26 Å². The van der Waals surface area contributed by atoms with Crippen LogP contribution in [0.1, 0.15) is 46.0 Å². The highest BCUT2D eigenvalue weighted by Gasteiger charge is 2.42. The molecule has 2 atom stereocenters. The van der Waals surface area contributed by atoms with E-state index in [1.807, 2.05) is 24.4 Å². The quantitative estimate of drug-likeness (QED) is 0.246. The van der Waals surface area contributed by atoms with Crippen molar-refractivity contribution in [1.82, 2.24) is 15.2 Å². The topological polar surface area (TPSA) is 176 Å². The first kappa shape index (κ1) is 36.6. The number of halogens is 1. The van der Waals surface area contributed by atoms with Crippen LogP contribution in [-0.4, -0.2) is 105 Å². The van der Waals surface area contributed by atoms with Crippen molar-refractivity contribution in [2.24, 2.45) is 5.73 Å². The number of benzene rings is 2. The molecule has 2 saturated heterocycles. The summed E-state index contributed by atoms with van der Waals surface area (Å²) in [5.41, 5.74) is 8.10. The number of piperazine rings is 2. The Kier molecular flexibility index (Phi) is 11.7. The van der Waals surface area contributed by atoms with Crippen molar-refractivity contribution < 1.29 is 24.0 Å². The third-order valence-corrected chi connectivity index (χ3v) is 9.73. The highest BCUT2D eigenvalue weighted by molar-refractivity contribution is 6.32. The van der Waals surface area contributed by atoms with Gasteiger partial charge in [0.25, 0.3) is 11.8 Å². The molecular weight excluding hydrogens is 674 g/mol. The van der Waals surface area contributed by atoms with Gasteiger partial charge in [-0.25, -0.2) is 4.98 Å². The number of amides is 4. The number of carbonyl (C=O) groups excluding carboxylic acids is 5. The molecule has 4 heterocycles. The van der Waals surface area contributed by atoms with Crippen LogP contribution in [0.3, 0.4) is 0 Å². The molecule has 2 aromatic carbocycles. The monoisotopic (exact) mass is 713 g/mol. The summed E-state index contributed by atoms with van der Waals surface area (Å²) >= 11 is 6.29. The van der Waals surface area contributed by atoms with E-state index in [-0.39, 0.29) is 36.4 Å². The zero-order chi connectivity index (χ0) is 36.7. The summed E-state index contributed by atoms with van der Waals surface area (Å²) in [7, 11) is 1.44. The van der Waals surface area contributed by atoms with Crippen LogP contribution in [0.2, 0.25) is 5.02 Å². The number of likely N-dealkylation sites (N-methyl/N-ethyl adjacent to an activating group) is 1. The second-order valence-corrected chi connectivity index (χ2v) is 12.7. The average Bonchev–Trinajstić information content (AvgIpc) is 3.40. The van der Waals surface area contributed by atoms with Gasteiger partial charge in [-0.05, 0) is 61.9 Å². The van der Waals surface area contributed by atoms with Gasteiger partial charge in [0.15, 0.2) is 0 Å². The van der Waals surface area contributed by atoms with Crippen LogP contribution in [0.4, 0.5) is 22.9 Å². The number of rotatable bonds is 9. The summed E-state index contributed by atoms with van der Waals surface area (Å²) in [6.07, 6.45) is 2.99. The molecular formula is C36H40ClN9O5. The number of nitrogens with one attached hydrogen (secondary N) is 1. The Balaban J connectivity index is 0.00000162. The minimum absolute atomic E-state index is 0.0614. The van der Waals surface area contributed by atoms with Crippen molar-refractivity contribution >= 4 is 64.9 Å². The van der Waals surface area contributed by atoms with Crippen molar-refractivity contribution in [2.45, 2.75) is 31.8 Å². The van der Waals surface area contributed by atoms with Gasteiger partial charge >= 0.3 is 0 Å². The molecule has 4 amide bonds. The number of carbonyl (C=O) groups is 5. The molecule has 6 rings (SSSR count). The molecule has 0 bridgehead atoms. The molecule has 3 aliphatic rings. The van der Waals surface area contributed by atoms with Gasteiger partial charge in [0.05, 0.1) is 33.6 Å². The van der Waals surface area contributed by atoms with E-state index in [1.54, 1.807) is 18.2 Å². The fourth-order valence-corrected chi connectivity index (χ4v) is 7.01. The fraction of sp³-hybridized carbons (Fsp3) is 0.361. The number of aromatic nitrogens is 1. The van der Waals surface area contributed by atoms with Gasteiger partial charge in [0.2, 0.25) is 12.3 Å². The lowest BCUT2D eigenvalue weighted by molar-refractivity contribution is -0.124. The number of fused-ring (bicyclic) bond motifs is 1. The van der Waals surface area contributed by atoms with Crippen LogP contribution in [0.5, 0.6) is 0 Å². The van der Waals surface area contributed by atoms with Crippen molar-refractivity contribution in [2.75, 3.05) is 72.5 Å². The number of nitrogens with two attached hydrogens (primary N) is 1. The standard InChI is InChI=1S/C35H37ClN8O4.CH3NO/c1-23-22-42(15-16-43(23)26-6-5-24(20-37)30(36)19-26)27-8-10-32(39-21-27)41-13-11-40(12-14-41)25-7-9-28-29(18-25)35(48)44(34(28)47)31(4-3-17-45)33(46)38-2;2-1-3/h5-10,17-19,21,23,31H,3-4,11-16,22H2,1-2H3,(H,38,46);1H,(H2,2,3). The predicted molar refractivity (Wildman–Crippen MR) is 194 cm³/mol. The molecule has 3 aliphatic heterocycles. The van der Waals surface area contributed by atoms with E-state index in [4.69, 9.17) is 21.4 Å². The highest BCUT2D eigenvalue weighted by atomic mass is 35.5. The van der Waals surface area contributed by atoms with Crippen LogP contribution >= 0.6 is 11.6 Å². The number of nitrogens with zero attached hydrogens (tertiary/aromatic N) is 7. The zero-order valence-corrected chi connectivity index (χ0v) is 29.3. The molecule has 3 aromatic rings. The number of hydrogen-bond donors (Lipinski definition) is 2. The van der Waals surface area contributed by atoms with Gasteiger partial charge in [0.1, 0.15) is 24.2 Å². The van der Waals surface area contributed by atoms with Crippen LogP contribution in [-0.2, 0) is 14.4 Å². The summed E-state index contributed by atoms with van der Waals surface area (Å²) in [6, 6.07) is 16.3. The third-order valence-electron chi connectivity index (χ3n) is 9.42. The van der Waals surface area contributed by atoms with E-state index in [9.17, 15) is 24.4 Å². The minimum Gasteiger partial charge on any atom is -0.372 e. The number of imide groups is 1. The molecule has 1 aromatic heterocycles. The van der Waals surface area contributed by atoms with E-state index in [0.29, 0.717) is 30.0 Å². The lowest BCUT2D eigenvalue weighted by atomic mass is 10.1. The van der Waals surface area contributed by atoms with Crippen molar-refractivity contribution in [3.8, 4) is 6.07 Å². The fourth-order valence-electron chi connectivity index (χ4n) is 6.79. The summed E-state index contributed by atoms with van der Waals surface area (Å²) in [5.74, 6) is -0.619. The molecule has 51 heavy (non-hydrogen) atoms. The van der Waals surface area contributed by atoms with Crippen LogP contribution in [0.25, 0.3) is 0 Å².